The van der Waals surface area contributed by atoms with Crippen LogP contribution in [0.3, 0.4) is 0 Å². The van der Waals surface area contributed by atoms with E-state index in [-0.39, 0.29) is 0 Å². The summed E-state index contributed by atoms with van der Waals surface area (Å²) < 4.78 is 11.0. The molecule has 1 fully saturated rings. The number of carbonyl (C=O) groups is 1. The summed E-state index contributed by atoms with van der Waals surface area (Å²) in [6.45, 7) is 3.04. The molecule has 0 spiro atoms. The summed E-state index contributed by atoms with van der Waals surface area (Å²) >= 11 is 0. The molecule has 0 aromatic heterocycles. The number of carboxylic acids is 1. The van der Waals surface area contributed by atoms with E-state index in [0.717, 1.165) is 18.6 Å². The van der Waals surface area contributed by atoms with Gasteiger partial charge in [-0.3, -0.25) is 10.1 Å². The highest BCUT2D eigenvalue weighted by atomic mass is 16.5. The van der Waals surface area contributed by atoms with Crippen LogP contribution in [0.5, 0.6) is 5.75 Å². The van der Waals surface area contributed by atoms with Crippen LogP contribution >= 0.6 is 0 Å². The lowest BCUT2D eigenvalue weighted by Crippen LogP contribution is -2.51. The smallest absolute Gasteiger partial charge is 0.323 e. The number of hydrogen-bond acceptors (Lipinski definition) is 4. The molecular formula is C16H23NO4. The van der Waals surface area contributed by atoms with Crippen LogP contribution in [0.1, 0.15) is 26.2 Å². The number of nitrogens with one attached hydrogen (secondary N) is 1. The largest absolute Gasteiger partial charge is 0.491 e. The minimum absolute atomic E-state index is 0.354. The normalized spacial score (nSPS) is 17.2. The molecule has 2 N–H and O–H groups in total. The summed E-state index contributed by atoms with van der Waals surface area (Å²) in [5.41, 5.74) is -0.901. The molecule has 5 nitrogen and oxygen atoms in total. The Morgan fingerprint density at radius 3 is 2.62 bits per heavy atom. The number of rotatable bonds is 10. The Labute approximate surface area is 125 Å². The number of benzene rings is 1. The number of ether oxygens (including phenoxy) is 2. The van der Waals surface area contributed by atoms with Crippen LogP contribution in [0.15, 0.2) is 30.3 Å². The SMILES string of the molecule is CC(CCOCCOc1ccccc1)(NC1CC1)C(=O)O. The Bertz CT molecular complexity index is 447. The van der Waals surface area contributed by atoms with Crippen LogP contribution < -0.4 is 10.1 Å². The van der Waals surface area contributed by atoms with E-state index in [1.54, 1.807) is 6.92 Å². The molecule has 0 aliphatic heterocycles. The van der Waals surface area contributed by atoms with Crippen molar-refractivity contribution in [2.45, 2.75) is 37.8 Å². The average Bonchev–Trinajstić information content (AvgIpc) is 3.27. The van der Waals surface area contributed by atoms with Gasteiger partial charge in [0, 0.05) is 12.6 Å². The fourth-order valence-electron chi connectivity index (χ4n) is 2.03. The maximum atomic E-state index is 11.3. The molecule has 1 aliphatic rings. The van der Waals surface area contributed by atoms with Gasteiger partial charge in [-0.1, -0.05) is 18.2 Å². The third kappa shape index (κ3) is 5.36. The standard InChI is InChI=1S/C16H23NO4/c1-16(15(18)19,17-13-7-8-13)9-10-20-11-12-21-14-5-3-2-4-6-14/h2-6,13,17H,7-12H2,1H3,(H,18,19). The van der Waals surface area contributed by atoms with Gasteiger partial charge in [0.2, 0.25) is 0 Å². The molecular weight excluding hydrogens is 270 g/mol. The average molecular weight is 293 g/mol. The van der Waals surface area contributed by atoms with Crippen molar-refractivity contribution in [2.24, 2.45) is 0 Å². The molecule has 0 radical (unpaired) electrons. The fraction of sp³-hybridized carbons (Fsp3) is 0.562. The summed E-state index contributed by atoms with van der Waals surface area (Å²) in [5.74, 6) is -0.00888. The van der Waals surface area contributed by atoms with Crippen LogP contribution in [0.25, 0.3) is 0 Å². The highest BCUT2D eigenvalue weighted by Gasteiger charge is 2.38. The second-order valence-electron chi connectivity index (χ2n) is 5.58. The lowest BCUT2D eigenvalue weighted by molar-refractivity contribution is -0.145. The van der Waals surface area contributed by atoms with E-state index in [9.17, 15) is 9.90 Å². The number of aliphatic carboxylic acids is 1. The maximum Gasteiger partial charge on any atom is 0.323 e. The first-order valence-electron chi connectivity index (χ1n) is 7.37. The molecule has 0 heterocycles. The molecule has 1 aromatic carbocycles. The van der Waals surface area contributed by atoms with Crippen LogP contribution in [-0.4, -0.2) is 42.5 Å². The third-order valence-corrected chi connectivity index (χ3v) is 3.56. The highest BCUT2D eigenvalue weighted by molar-refractivity contribution is 5.78. The molecule has 1 atom stereocenters. The second-order valence-corrected chi connectivity index (χ2v) is 5.58. The van der Waals surface area contributed by atoms with E-state index in [1.807, 2.05) is 30.3 Å². The molecule has 1 aliphatic carbocycles. The Kier molecular flexibility index (Phi) is 5.59. The topological polar surface area (TPSA) is 67.8 Å². The van der Waals surface area contributed by atoms with Crippen LogP contribution in [0.2, 0.25) is 0 Å². The molecule has 116 valence electrons. The van der Waals surface area contributed by atoms with Crippen molar-refractivity contribution in [3.63, 3.8) is 0 Å². The van der Waals surface area contributed by atoms with Crippen molar-refractivity contribution in [1.29, 1.82) is 0 Å². The van der Waals surface area contributed by atoms with E-state index in [2.05, 4.69) is 5.32 Å². The molecule has 1 unspecified atom stereocenters. The van der Waals surface area contributed by atoms with E-state index >= 15 is 0 Å². The van der Waals surface area contributed by atoms with Crippen molar-refractivity contribution in [3.05, 3.63) is 30.3 Å². The number of carboxylic acid groups (broad SMARTS) is 1. The van der Waals surface area contributed by atoms with E-state index in [0.29, 0.717) is 32.3 Å². The quantitative estimate of drug-likeness (QED) is 0.646. The van der Waals surface area contributed by atoms with Gasteiger partial charge >= 0.3 is 5.97 Å². The van der Waals surface area contributed by atoms with Crippen molar-refractivity contribution in [2.75, 3.05) is 19.8 Å². The summed E-state index contributed by atoms with van der Waals surface area (Å²) in [4.78, 5) is 11.3. The van der Waals surface area contributed by atoms with Crippen LogP contribution in [0.4, 0.5) is 0 Å². The number of hydrogen-bond donors (Lipinski definition) is 2. The zero-order valence-corrected chi connectivity index (χ0v) is 12.4. The van der Waals surface area contributed by atoms with Crippen molar-refractivity contribution in [1.82, 2.24) is 5.32 Å². The van der Waals surface area contributed by atoms with E-state index in [1.165, 1.54) is 0 Å². The molecule has 0 amide bonds. The molecule has 5 heteroatoms. The molecule has 0 bridgehead atoms. The van der Waals surface area contributed by atoms with Crippen molar-refractivity contribution >= 4 is 5.97 Å². The minimum Gasteiger partial charge on any atom is -0.491 e. The van der Waals surface area contributed by atoms with Gasteiger partial charge in [-0.15, -0.1) is 0 Å². The monoisotopic (exact) mass is 293 g/mol. The van der Waals surface area contributed by atoms with Gasteiger partial charge in [0.25, 0.3) is 0 Å². The number of para-hydroxylation sites is 1. The minimum atomic E-state index is -0.901. The van der Waals surface area contributed by atoms with Crippen molar-refractivity contribution < 1.29 is 19.4 Å². The molecule has 1 saturated carbocycles. The van der Waals surface area contributed by atoms with Crippen molar-refractivity contribution in [3.8, 4) is 5.75 Å². The predicted octanol–water partition coefficient (Wildman–Crippen LogP) is 2.07. The first kappa shape index (κ1) is 15.8. The Morgan fingerprint density at radius 1 is 1.29 bits per heavy atom. The lowest BCUT2D eigenvalue weighted by Gasteiger charge is -2.26. The van der Waals surface area contributed by atoms with Crippen LogP contribution in [-0.2, 0) is 9.53 Å². The summed E-state index contributed by atoms with van der Waals surface area (Å²) in [6.07, 6.45) is 2.58. The summed E-state index contributed by atoms with van der Waals surface area (Å²) in [6, 6.07) is 9.90. The summed E-state index contributed by atoms with van der Waals surface area (Å²) in [5, 5.41) is 12.5. The molecule has 0 saturated heterocycles. The highest BCUT2D eigenvalue weighted by Crippen LogP contribution is 2.24. The molecule has 21 heavy (non-hydrogen) atoms. The zero-order valence-electron chi connectivity index (χ0n) is 12.4. The van der Waals surface area contributed by atoms with Gasteiger partial charge in [-0.05, 0) is 38.3 Å². The Balaban J connectivity index is 1.60. The molecule has 2 rings (SSSR count). The Morgan fingerprint density at radius 2 is 2.00 bits per heavy atom. The third-order valence-electron chi connectivity index (χ3n) is 3.56. The fourth-order valence-corrected chi connectivity index (χ4v) is 2.03. The second kappa shape index (κ2) is 7.43. The van der Waals surface area contributed by atoms with E-state index in [4.69, 9.17) is 9.47 Å². The van der Waals surface area contributed by atoms with Crippen LogP contribution in [0, 0.1) is 0 Å². The van der Waals surface area contributed by atoms with Gasteiger partial charge < -0.3 is 14.6 Å². The predicted molar refractivity (Wildman–Crippen MR) is 79.6 cm³/mol. The zero-order chi connectivity index (χ0) is 15.1. The van der Waals surface area contributed by atoms with Gasteiger partial charge in [0.15, 0.2) is 0 Å². The van der Waals surface area contributed by atoms with Gasteiger partial charge in [-0.2, -0.15) is 0 Å². The van der Waals surface area contributed by atoms with Gasteiger partial charge in [0.1, 0.15) is 17.9 Å². The lowest BCUT2D eigenvalue weighted by atomic mass is 9.98. The first-order valence-corrected chi connectivity index (χ1v) is 7.37. The van der Waals surface area contributed by atoms with Gasteiger partial charge in [-0.25, -0.2) is 0 Å². The molecule has 1 aromatic rings. The first-order chi connectivity index (χ1) is 10.1. The summed E-state index contributed by atoms with van der Waals surface area (Å²) in [7, 11) is 0. The van der Waals surface area contributed by atoms with Gasteiger partial charge in [0.05, 0.1) is 6.61 Å². The maximum absolute atomic E-state index is 11.3. The van der Waals surface area contributed by atoms with E-state index < -0.39 is 11.5 Å². The Hall–Kier alpha value is -1.59.